The largest absolute Gasteiger partial charge is 0.458 e. The van der Waals surface area contributed by atoms with Crippen LogP contribution in [0.25, 0.3) is 11.0 Å². The Hall–Kier alpha value is -0.990. The number of fused-ring (bicyclic) bond motifs is 1. The zero-order valence-corrected chi connectivity index (χ0v) is 9.51. The van der Waals surface area contributed by atoms with Crippen LogP contribution < -0.4 is 0 Å². The molecule has 0 saturated carbocycles. The fourth-order valence-corrected chi connectivity index (χ4v) is 1.72. The molecule has 0 aliphatic carbocycles. The van der Waals surface area contributed by atoms with E-state index >= 15 is 0 Å². The molecule has 15 heavy (non-hydrogen) atoms. The van der Waals surface area contributed by atoms with Crippen molar-refractivity contribution in [2.75, 3.05) is 5.88 Å². The molecule has 0 bridgehead atoms. The van der Waals surface area contributed by atoms with Crippen LogP contribution in [-0.4, -0.2) is 11.0 Å². The fraction of sp³-hybridized carbons (Fsp3) is 0.333. The molecule has 0 spiro atoms. The molecule has 1 aromatic heterocycles. The number of hydrogen-bond donors (Lipinski definition) is 1. The van der Waals surface area contributed by atoms with Gasteiger partial charge in [-0.15, -0.1) is 11.6 Å². The molecule has 0 saturated heterocycles. The summed E-state index contributed by atoms with van der Waals surface area (Å²) in [6, 6.07) is 5.88. The summed E-state index contributed by atoms with van der Waals surface area (Å²) < 4.78 is 5.52. The molecule has 0 amide bonds. The van der Waals surface area contributed by atoms with Gasteiger partial charge >= 0.3 is 0 Å². The van der Waals surface area contributed by atoms with E-state index in [1.807, 2.05) is 19.1 Å². The van der Waals surface area contributed by atoms with Gasteiger partial charge in [0.05, 0.1) is 5.88 Å². The Morgan fingerprint density at radius 3 is 2.60 bits per heavy atom. The van der Waals surface area contributed by atoms with E-state index in [2.05, 4.69) is 13.0 Å². The topological polar surface area (TPSA) is 33.4 Å². The minimum absolute atomic E-state index is 0.151. The van der Waals surface area contributed by atoms with E-state index in [4.69, 9.17) is 16.0 Å². The van der Waals surface area contributed by atoms with Gasteiger partial charge in [0, 0.05) is 5.39 Å². The average molecular weight is 225 g/mol. The Morgan fingerprint density at radius 1 is 1.27 bits per heavy atom. The summed E-state index contributed by atoms with van der Waals surface area (Å²) >= 11 is 5.57. The molecule has 1 heterocycles. The molecule has 2 aromatic rings. The van der Waals surface area contributed by atoms with Gasteiger partial charge in [-0.3, -0.25) is 0 Å². The first-order valence-electron chi connectivity index (χ1n) is 4.86. The van der Waals surface area contributed by atoms with Gasteiger partial charge in [0.25, 0.3) is 0 Å². The smallest absolute Gasteiger partial charge is 0.135 e. The number of rotatable bonds is 2. The van der Waals surface area contributed by atoms with E-state index in [-0.39, 0.29) is 5.88 Å². The Balaban J connectivity index is 2.56. The van der Waals surface area contributed by atoms with Crippen molar-refractivity contribution in [1.29, 1.82) is 0 Å². The summed E-state index contributed by atoms with van der Waals surface area (Å²) in [6.07, 6.45) is -0.723. The Kier molecular flexibility index (Phi) is 2.72. The highest BCUT2D eigenvalue weighted by molar-refractivity contribution is 6.18. The van der Waals surface area contributed by atoms with Crippen molar-refractivity contribution in [3.63, 3.8) is 0 Å². The minimum Gasteiger partial charge on any atom is -0.458 e. The zero-order chi connectivity index (χ0) is 11.0. The van der Waals surface area contributed by atoms with Gasteiger partial charge < -0.3 is 9.52 Å². The fourth-order valence-electron chi connectivity index (χ4n) is 1.56. The van der Waals surface area contributed by atoms with Crippen molar-refractivity contribution < 1.29 is 9.52 Å². The first-order valence-corrected chi connectivity index (χ1v) is 5.40. The molecule has 0 fully saturated rings. The molecular formula is C12H13ClO2. The maximum absolute atomic E-state index is 9.54. The summed E-state index contributed by atoms with van der Waals surface area (Å²) in [5.41, 5.74) is 3.20. The van der Waals surface area contributed by atoms with Gasteiger partial charge in [0.15, 0.2) is 0 Å². The summed E-state index contributed by atoms with van der Waals surface area (Å²) in [7, 11) is 0. The predicted octanol–water partition coefficient (Wildman–Crippen LogP) is 3.32. The monoisotopic (exact) mass is 224 g/mol. The molecule has 2 nitrogen and oxygen atoms in total. The first-order chi connectivity index (χ1) is 7.11. The molecule has 1 unspecified atom stereocenters. The highest BCUT2D eigenvalue weighted by atomic mass is 35.5. The number of halogens is 1. The molecule has 0 radical (unpaired) electrons. The first kappa shape index (κ1) is 10.5. The highest BCUT2D eigenvalue weighted by Crippen LogP contribution is 2.26. The summed E-state index contributed by atoms with van der Waals surface area (Å²) in [5, 5.41) is 10.6. The van der Waals surface area contributed by atoms with Gasteiger partial charge in [-0.1, -0.05) is 0 Å². The van der Waals surface area contributed by atoms with E-state index in [9.17, 15) is 5.11 Å². The lowest BCUT2D eigenvalue weighted by molar-refractivity contribution is 0.175. The molecule has 3 heteroatoms. The number of hydrogen-bond acceptors (Lipinski definition) is 2. The van der Waals surface area contributed by atoms with Crippen LogP contribution in [0.4, 0.5) is 0 Å². The number of benzene rings is 1. The third kappa shape index (κ3) is 1.87. The third-order valence-electron chi connectivity index (χ3n) is 2.63. The van der Waals surface area contributed by atoms with Crippen LogP contribution in [0.5, 0.6) is 0 Å². The maximum atomic E-state index is 9.54. The van der Waals surface area contributed by atoms with Crippen LogP contribution >= 0.6 is 11.6 Å². The summed E-state index contributed by atoms with van der Waals surface area (Å²) in [6.45, 7) is 4.09. The average Bonchev–Trinajstić information content (AvgIpc) is 2.60. The Labute approximate surface area is 93.5 Å². The van der Waals surface area contributed by atoms with Crippen molar-refractivity contribution in [2.45, 2.75) is 20.0 Å². The van der Waals surface area contributed by atoms with Crippen LogP contribution in [0, 0.1) is 13.8 Å². The van der Waals surface area contributed by atoms with Crippen molar-refractivity contribution in [1.82, 2.24) is 0 Å². The highest BCUT2D eigenvalue weighted by Gasteiger charge is 2.12. The molecule has 80 valence electrons. The second-order valence-electron chi connectivity index (χ2n) is 3.79. The van der Waals surface area contributed by atoms with E-state index in [0.717, 1.165) is 11.0 Å². The number of alkyl halides is 1. The van der Waals surface area contributed by atoms with Crippen molar-refractivity contribution >= 4 is 22.6 Å². The molecule has 0 aliphatic heterocycles. The zero-order valence-electron chi connectivity index (χ0n) is 8.75. The van der Waals surface area contributed by atoms with Crippen molar-refractivity contribution in [3.8, 4) is 0 Å². The molecular weight excluding hydrogens is 212 g/mol. The number of aliphatic hydroxyl groups excluding tert-OH is 1. The maximum Gasteiger partial charge on any atom is 0.135 e. The standard InChI is InChI=1S/C12H13ClO2/c1-7-3-9-5-12(10(14)6-13)15-11(9)4-8(7)2/h3-5,10,14H,6H2,1-2H3. The second kappa shape index (κ2) is 3.87. The van der Waals surface area contributed by atoms with Gasteiger partial charge in [-0.2, -0.15) is 0 Å². The Morgan fingerprint density at radius 2 is 1.93 bits per heavy atom. The van der Waals surface area contributed by atoms with Gasteiger partial charge in [-0.05, 0) is 43.2 Å². The third-order valence-corrected chi connectivity index (χ3v) is 2.92. The SMILES string of the molecule is Cc1cc2cc(C(O)CCl)oc2cc1C. The number of furan rings is 1. The minimum atomic E-state index is -0.723. The lowest BCUT2D eigenvalue weighted by Crippen LogP contribution is -1.95. The predicted molar refractivity (Wildman–Crippen MR) is 61.4 cm³/mol. The van der Waals surface area contributed by atoms with Crippen LogP contribution in [-0.2, 0) is 0 Å². The normalized spacial score (nSPS) is 13.3. The molecule has 0 aliphatic rings. The van der Waals surface area contributed by atoms with E-state index in [1.165, 1.54) is 11.1 Å². The lowest BCUT2D eigenvalue weighted by atomic mass is 10.1. The van der Waals surface area contributed by atoms with Crippen LogP contribution in [0.3, 0.4) is 0 Å². The second-order valence-corrected chi connectivity index (χ2v) is 4.10. The summed E-state index contributed by atoms with van der Waals surface area (Å²) in [4.78, 5) is 0. The van der Waals surface area contributed by atoms with Gasteiger partial charge in [0.1, 0.15) is 17.4 Å². The van der Waals surface area contributed by atoms with E-state index in [1.54, 1.807) is 0 Å². The van der Waals surface area contributed by atoms with Crippen LogP contribution in [0.2, 0.25) is 0 Å². The molecule has 1 N–H and O–H groups in total. The molecule has 1 atom stereocenters. The quantitative estimate of drug-likeness (QED) is 0.794. The van der Waals surface area contributed by atoms with Crippen LogP contribution in [0.1, 0.15) is 23.0 Å². The lowest BCUT2D eigenvalue weighted by Gasteiger charge is -2.00. The number of aliphatic hydroxyl groups is 1. The van der Waals surface area contributed by atoms with Gasteiger partial charge in [-0.25, -0.2) is 0 Å². The van der Waals surface area contributed by atoms with Crippen molar-refractivity contribution in [3.05, 3.63) is 35.1 Å². The van der Waals surface area contributed by atoms with Crippen molar-refractivity contribution in [2.24, 2.45) is 0 Å². The molecule has 2 rings (SSSR count). The summed E-state index contributed by atoms with van der Waals surface area (Å²) in [5.74, 6) is 0.683. The van der Waals surface area contributed by atoms with E-state index < -0.39 is 6.10 Å². The number of aryl methyl sites for hydroxylation is 2. The van der Waals surface area contributed by atoms with Gasteiger partial charge in [0.2, 0.25) is 0 Å². The Bertz CT molecular complexity index is 449. The van der Waals surface area contributed by atoms with Crippen LogP contribution in [0.15, 0.2) is 22.6 Å². The molecule has 1 aromatic carbocycles. The van der Waals surface area contributed by atoms with E-state index in [0.29, 0.717) is 5.76 Å².